The lowest BCUT2D eigenvalue weighted by Gasteiger charge is -2.22. The Kier molecular flexibility index (Phi) is 6.31. The first-order chi connectivity index (χ1) is 23.5. The van der Waals surface area contributed by atoms with Gasteiger partial charge in [0.15, 0.2) is 0 Å². The molecular formula is C45H33N3. The summed E-state index contributed by atoms with van der Waals surface area (Å²) in [4.78, 5) is 5.22. The summed E-state index contributed by atoms with van der Waals surface area (Å²) < 4.78 is 2.22. The molecule has 9 rings (SSSR count). The van der Waals surface area contributed by atoms with E-state index in [2.05, 4.69) is 146 Å². The summed E-state index contributed by atoms with van der Waals surface area (Å²) in [7, 11) is 0. The Bertz CT molecular complexity index is 2590. The minimum Gasteiger partial charge on any atom is -0.300 e. The average Bonchev–Trinajstić information content (AvgIpc) is 3.55. The van der Waals surface area contributed by atoms with Gasteiger partial charge in [-0.1, -0.05) is 129 Å². The van der Waals surface area contributed by atoms with E-state index in [1.165, 1.54) is 49.5 Å². The molecule has 0 amide bonds. The number of nitrogens with one attached hydrogen (secondary N) is 1. The van der Waals surface area contributed by atoms with Crippen LogP contribution in [0.5, 0.6) is 0 Å². The molecule has 2 aliphatic rings. The molecule has 1 aromatic heterocycles. The van der Waals surface area contributed by atoms with Gasteiger partial charge in [-0.05, 0) is 80.6 Å². The molecule has 0 spiro atoms. The Morgan fingerprint density at radius 2 is 1.38 bits per heavy atom. The summed E-state index contributed by atoms with van der Waals surface area (Å²) in [5.74, 6) is 0. The van der Waals surface area contributed by atoms with Crippen LogP contribution in [0.25, 0.3) is 60.5 Å². The number of allylic oxidation sites excluding steroid dienone is 5. The third kappa shape index (κ3) is 4.35. The molecule has 0 saturated carbocycles. The molecule has 0 radical (unpaired) electrons. The first kappa shape index (κ1) is 28.2. The summed E-state index contributed by atoms with van der Waals surface area (Å²) in [6.45, 7) is 4.70. The molecule has 48 heavy (non-hydrogen) atoms. The van der Waals surface area contributed by atoms with E-state index >= 15 is 0 Å². The van der Waals surface area contributed by atoms with E-state index < -0.39 is 0 Å². The Hall–Kier alpha value is -6.06. The molecule has 2 aliphatic carbocycles. The Labute approximate surface area is 280 Å². The van der Waals surface area contributed by atoms with Gasteiger partial charge in [0.05, 0.1) is 22.4 Å². The average molecular weight is 616 g/mol. The van der Waals surface area contributed by atoms with Crippen LogP contribution in [0.3, 0.4) is 0 Å². The first-order valence-corrected chi connectivity index (χ1v) is 16.5. The molecule has 0 bridgehead atoms. The summed E-state index contributed by atoms with van der Waals surface area (Å²) in [5, 5.41) is 13.5. The van der Waals surface area contributed by atoms with Crippen molar-refractivity contribution in [2.24, 2.45) is 4.99 Å². The third-order valence-corrected chi connectivity index (χ3v) is 10.1. The highest BCUT2D eigenvalue weighted by atomic mass is 15.0. The molecule has 1 heterocycles. The molecule has 0 unspecified atom stereocenters. The van der Waals surface area contributed by atoms with Crippen LogP contribution >= 0.6 is 0 Å². The van der Waals surface area contributed by atoms with Gasteiger partial charge < -0.3 is 5.41 Å². The zero-order chi connectivity index (χ0) is 32.4. The van der Waals surface area contributed by atoms with Gasteiger partial charge in [-0.15, -0.1) is 0 Å². The molecule has 0 saturated heterocycles. The monoisotopic (exact) mass is 615 g/mol. The molecule has 3 heteroatoms. The van der Waals surface area contributed by atoms with Crippen molar-refractivity contribution in [3.63, 3.8) is 0 Å². The fourth-order valence-electron chi connectivity index (χ4n) is 7.60. The van der Waals surface area contributed by atoms with Crippen LogP contribution in [0.2, 0.25) is 0 Å². The van der Waals surface area contributed by atoms with E-state index in [0.717, 1.165) is 33.3 Å². The molecule has 1 N–H and O–H groups in total. The van der Waals surface area contributed by atoms with Gasteiger partial charge in [0.2, 0.25) is 0 Å². The molecule has 0 aliphatic heterocycles. The van der Waals surface area contributed by atoms with Crippen LogP contribution in [0.15, 0.2) is 162 Å². The van der Waals surface area contributed by atoms with Crippen LogP contribution < -0.4 is 0 Å². The number of aliphatic imine (C=N–C) groups is 1. The van der Waals surface area contributed by atoms with Gasteiger partial charge >= 0.3 is 0 Å². The molecule has 6 aromatic carbocycles. The quantitative estimate of drug-likeness (QED) is 0.151. The van der Waals surface area contributed by atoms with Gasteiger partial charge in [0.1, 0.15) is 6.34 Å². The number of nitrogens with zero attached hydrogens (tertiary/aromatic N) is 2. The Balaban J connectivity index is 1.24. The fraction of sp³-hybridized carbons (Fsp3) is 0.0667. The van der Waals surface area contributed by atoms with Crippen LogP contribution in [-0.4, -0.2) is 16.6 Å². The lowest BCUT2D eigenvalue weighted by atomic mass is 9.81. The molecule has 3 nitrogen and oxygen atoms in total. The van der Waals surface area contributed by atoms with Crippen molar-refractivity contribution in [3.8, 4) is 22.3 Å². The largest absolute Gasteiger partial charge is 0.300 e. The standard InChI is InChI=1S/C45H33N3/c1-45(2)39-25-32(29-12-4-3-5-13-29)22-23-34(39)37-27-43-38(26-40(37)45)35-16-9-11-19-42(35)48(43)28-47-44(36-17-8-10-18-41(36)46)33-21-20-30-14-6-7-15-31(30)24-33/h3-28,46H,1-2H3/b44-36-,46-41?,47-28+. The topological polar surface area (TPSA) is 41.1 Å². The normalized spacial score (nSPS) is 15.9. The van der Waals surface area contributed by atoms with Crippen molar-refractivity contribution in [1.29, 1.82) is 5.41 Å². The number of para-hydroxylation sites is 1. The zero-order valence-corrected chi connectivity index (χ0v) is 26.9. The second kappa shape index (κ2) is 10.8. The Morgan fingerprint density at radius 1 is 0.625 bits per heavy atom. The summed E-state index contributed by atoms with van der Waals surface area (Å²) in [6, 6.07) is 45.7. The van der Waals surface area contributed by atoms with E-state index in [9.17, 15) is 0 Å². The minimum absolute atomic E-state index is 0.143. The van der Waals surface area contributed by atoms with Crippen LogP contribution in [0, 0.1) is 5.41 Å². The molecule has 0 atom stereocenters. The maximum absolute atomic E-state index is 8.79. The zero-order valence-electron chi connectivity index (χ0n) is 26.9. The predicted octanol–water partition coefficient (Wildman–Crippen LogP) is 11.4. The maximum atomic E-state index is 8.79. The number of benzene rings is 6. The second-order valence-electron chi connectivity index (χ2n) is 13.3. The summed E-state index contributed by atoms with van der Waals surface area (Å²) in [5.41, 5.74) is 12.8. The highest BCUT2D eigenvalue weighted by Crippen LogP contribution is 2.51. The van der Waals surface area contributed by atoms with Crippen LogP contribution in [0.1, 0.15) is 30.5 Å². The van der Waals surface area contributed by atoms with Crippen molar-refractivity contribution in [3.05, 3.63) is 174 Å². The van der Waals surface area contributed by atoms with Crippen LogP contribution in [-0.2, 0) is 5.41 Å². The van der Waals surface area contributed by atoms with Gasteiger partial charge in [-0.25, -0.2) is 4.99 Å². The predicted molar refractivity (Wildman–Crippen MR) is 203 cm³/mol. The summed E-state index contributed by atoms with van der Waals surface area (Å²) >= 11 is 0. The van der Waals surface area contributed by atoms with Crippen molar-refractivity contribution in [1.82, 2.24) is 4.57 Å². The first-order valence-electron chi connectivity index (χ1n) is 16.5. The van der Waals surface area contributed by atoms with Crippen molar-refractivity contribution < 1.29 is 0 Å². The molecule has 228 valence electrons. The number of aromatic nitrogens is 1. The van der Waals surface area contributed by atoms with Gasteiger partial charge in [0.25, 0.3) is 0 Å². The molecular weight excluding hydrogens is 583 g/mol. The smallest absolute Gasteiger partial charge is 0.100 e. The number of fused-ring (bicyclic) bond motifs is 7. The SMILES string of the molecule is CC1(C)c2cc(-c3ccccc3)ccc2-c2cc3c(cc21)c1ccccc1n3/C=N/C(=C1/C=CC=CC1=N)c1ccc2ccccc2c1. The molecule has 0 fully saturated rings. The van der Waals surface area contributed by atoms with E-state index in [0.29, 0.717) is 5.71 Å². The van der Waals surface area contributed by atoms with E-state index in [1.807, 2.05) is 30.6 Å². The van der Waals surface area contributed by atoms with Crippen molar-refractivity contribution in [2.45, 2.75) is 19.3 Å². The van der Waals surface area contributed by atoms with Crippen molar-refractivity contribution in [2.75, 3.05) is 0 Å². The summed E-state index contributed by atoms with van der Waals surface area (Å²) in [6.07, 6.45) is 9.66. The Morgan fingerprint density at radius 3 is 2.23 bits per heavy atom. The van der Waals surface area contributed by atoms with Gasteiger partial charge in [0, 0.05) is 27.3 Å². The van der Waals surface area contributed by atoms with Crippen molar-refractivity contribution >= 4 is 50.3 Å². The van der Waals surface area contributed by atoms with E-state index in [-0.39, 0.29) is 5.41 Å². The fourth-order valence-corrected chi connectivity index (χ4v) is 7.60. The highest BCUT2D eigenvalue weighted by molar-refractivity contribution is 6.16. The third-order valence-electron chi connectivity index (χ3n) is 10.1. The van der Waals surface area contributed by atoms with E-state index in [4.69, 9.17) is 10.4 Å². The van der Waals surface area contributed by atoms with Gasteiger partial charge in [-0.3, -0.25) is 4.57 Å². The second-order valence-corrected chi connectivity index (χ2v) is 13.3. The minimum atomic E-state index is -0.143. The van der Waals surface area contributed by atoms with Gasteiger partial charge in [-0.2, -0.15) is 0 Å². The number of hydrogen-bond acceptors (Lipinski definition) is 2. The van der Waals surface area contributed by atoms with Crippen LogP contribution in [0.4, 0.5) is 0 Å². The lowest BCUT2D eigenvalue weighted by molar-refractivity contribution is 0.661. The number of rotatable bonds is 4. The lowest BCUT2D eigenvalue weighted by Crippen LogP contribution is -2.15. The maximum Gasteiger partial charge on any atom is 0.100 e. The van der Waals surface area contributed by atoms with E-state index in [1.54, 1.807) is 0 Å². The molecule has 7 aromatic rings. The highest BCUT2D eigenvalue weighted by Gasteiger charge is 2.36. The number of hydrogen-bond donors (Lipinski definition) is 1.